The number of amides is 3. The van der Waals surface area contributed by atoms with Crippen molar-refractivity contribution in [2.24, 2.45) is 29.6 Å². The second kappa shape index (κ2) is 20.8. The molecular formula is C51H62ClN7O5. The lowest BCUT2D eigenvalue weighted by atomic mass is 9.74. The predicted molar refractivity (Wildman–Crippen MR) is 247 cm³/mol. The molecule has 8 rings (SSSR count). The predicted octanol–water partition coefficient (Wildman–Crippen LogP) is 8.37. The number of halogens is 1. The van der Waals surface area contributed by atoms with Crippen LogP contribution in [0.2, 0.25) is 5.02 Å². The number of carbonyl (C=O) groups excluding carboxylic acids is 4. The number of allylic oxidation sites excluding steroid dienone is 1. The summed E-state index contributed by atoms with van der Waals surface area (Å²) in [6, 6.07) is 14.2. The third-order valence-corrected chi connectivity index (χ3v) is 15.1. The Labute approximate surface area is 382 Å². The number of rotatable bonds is 16. The van der Waals surface area contributed by atoms with E-state index < -0.39 is 0 Å². The summed E-state index contributed by atoms with van der Waals surface area (Å²) >= 11 is 6.17. The largest absolute Gasteiger partial charge is 0.490 e. The number of nitrogens with one attached hydrogen (secondary N) is 2. The van der Waals surface area contributed by atoms with E-state index in [-0.39, 0.29) is 41.4 Å². The van der Waals surface area contributed by atoms with Crippen molar-refractivity contribution in [1.82, 2.24) is 25.5 Å². The lowest BCUT2D eigenvalue weighted by Crippen LogP contribution is -2.48. The highest BCUT2D eigenvalue weighted by Crippen LogP contribution is 2.39. The van der Waals surface area contributed by atoms with Gasteiger partial charge in [0.15, 0.2) is 5.78 Å². The molecule has 0 bridgehead atoms. The highest BCUT2D eigenvalue weighted by molar-refractivity contribution is 6.31. The Balaban J connectivity index is 0.717. The number of nitriles is 1. The third kappa shape index (κ3) is 11.0. The second-order valence-corrected chi connectivity index (χ2v) is 19.4. The van der Waals surface area contributed by atoms with Gasteiger partial charge in [-0.15, -0.1) is 0 Å². The van der Waals surface area contributed by atoms with Gasteiger partial charge >= 0.3 is 0 Å². The Hall–Kier alpha value is -5.12. The van der Waals surface area contributed by atoms with E-state index in [2.05, 4.69) is 68.2 Å². The highest BCUT2D eigenvalue weighted by atomic mass is 35.5. The van der Waals surface area contributed by atoms with Gasteiger partial charge in [0.25, 0.3) is 5.91 Å². The number of anilines is 1. The maximum absolute atomic E-state index is 13.7. The van der Waals surface area contributed by atoms with Gasteiger partial charge in [-0.2, -0.15) is 5.26 Å². The molecule has 2 atom stereocenters. The van der Waals surface area contributed by atoms with Crippen LogP contribution in [0.3, 0.4) is 0 Å². The van der Waals surface area contributed by atoms with Gasteiger partial charge in [-0.25, -0.2) is 9.97 Å². The van der Waals surface area contributed by atoms with Crippen molar-refractivity contribution in [3.63, 3.8) is 0 Å². The van der Waals surface area contributed by atoms with Gasteiger partial charge < -0.3 is 19.9 Å². The number of aryl methyl sites for hydroxylation is 1. The number of carbonyl (C=O) groups is 4. The number of piperidine rings is 2. The van der Waals surface area contributed by atoms with Gasteiger partial charge in [0.1, 0.15) is 23.3 Å². The van der Waals surface area contributed by atoms with Crippen molar-refractivity contribution in [2.45, 2.75) is 115 Å². The number of hydrogen-bond acceptors (Lipinski definition) is 10. The molecule has 2 unspecified atom stereocenters. The molecule has 0 spiro atoms. The standard InChI is InChI=1S/C51H62ClN7O5/c1-3-58(40-23-36(24-40)5-4-33-8-16-43-32(2)22-38(49(61)44(43)25-33)10-9-37-12-17-48(60)57-50(37)62)31-35-18-20-59(21-19-35)47-30-54-46(29-55-47)51(63)56-28-34-6-13-41(14-7-34)64-42-15-11-39(27-53)45(52)26-42/h8,11,15-16,25-26,29-30,34-38,40-41H,2-7,9-10,12-14,17-24,28,31H2,1H3,(H,56,63)(H,57,60,62). The molecule has 2 saturated heterocycles. The molecule has 13 heteroatoms. The van der Waals surface area contributed by atoms with E-state index in [9.17, 15) is 19.2 Å². The van der Waals surface area contributed by atoms with Gasteiger partial charge in [0.05, 0.1) is 29.1 Å². The minimum Gasteiger partial charge on any atom is -0.490 e. The van der Waals surface area contributed by atoms with Crippen LogP contribution in [0.4, 0.5) is 5.82 Å². The molecule has 3 aliphatic carbocycles. The smallest absolute Gasteiger partial charge is 0.271 e. The number of hydrogen-bond donors (Lipinski definition) is 2. The molecule has 2 aliphatic heterocycles. The lowest BCUT2D eigenvalue weighted by Gasteiger charge is -2.45. The summed E-state index contributed by atoms with van der Waals surface area (Å²) in [5, 5.41) is 15.0. The van der Waals surface area contributed by atoms with E-state index >= 15 is 0 Å². The van der Waals surface area contributed by atoms with E-state index in [1.807, 2.05) is 0 Å². The monoisotopic (exact) mass is 887 g/mol. The Kier molecular flexibility index (Phi) is 14.8. The number of benzene rings is 2. The zero-order chi connectivity index (χ0) is 44.7. The summed E-state index contributed by atoms with van der Waals surface area (Å²) in [5.74, 6) is 2.39. The topological polar surface area (TPSA) is 158 Å². The molecule has 1 aromatic heterocycles. The molecule has 2 aromatic carbocycles. The molecule has 64 heavy (non-hydrogen) atoms. The number of imide groups is 1. The molecule has 0 radical (unpaired) electrons. The van der Waals surface area contributed by atoms with E-state index in [0.29, 0.717) is 84.5 Å². The summed E-state index contributed by atoms with van der Waals surface area (Å²) < 4.78 is 6.12. The fourth-order valence-corrected chi connectivity index (χ4v) is 10.9. The lowest BCUT2D eigenvalue weighted by molar-refractivity contribution is -0.136. The van der Waals surface area contributed by atoms with Crippen molar-refractivity contribution < 1.29 is 23.9 Å². The molecule has 3 aromatic rings. The Morgan fingerprint density at radius 3 is 2.42 bits per heavy atom. The third-order valence-electron chi connectivity index (χ3n) is 14.8. The van der Waals surface area contributed by atoms with E-state index in [4.69, 9.17) is 21.6 Å². The first-order chi connectivity index (χ1) is 31.0. The van der Waals surface area contributed by atoms with Crippen LogP contribution in [0.15, 0.2) is 55.4 Å². The number of aromatic nitrogens is 2. The van der Waals surface area contributed by atoms with Gasteiger partial charge in [-0.05, 0) is 149 Å². The minimum atomic E-state index is -0.206. The highest BCUT2D eigenvalue weighted by Gasteiger charge is 2.36. The fourth-order valence-electron chi connectivity index (χ4n) is 10.7. The van der Waals surface area contributed by atoms with Crippen molar-refractivity contribution in [2.75, 3.05) is 37.6 Å². The molecule has 3 amide bonds. The van der Waals surface area contributed by atoms with Crippen molar-refractivity contribution in [3.05, 3.63) is 88.3 Å². The first-order valence-electron chi connectivity index (χ1n) is 23.7. The Morgan fingerprint density at radius 1 is 0.938 bits per heavy atom. The normalized spacial score (nSPS) is 25.0. The molecule has 338 valence electrons. The summed E-state index contributed by atoms with van der Waals surface area (Å²) in [4.78, 5) is 64.6. The summed E-state index contributed by atoms with van der Waals surface area (Å²) in [6.45, 7) is 11.2. The van der Waals surface area contributed by atoms with Crippen LogP contribution in [0.5, 0.6) is 5.75 Å². The molecule has 3 heterocycles. The molecule has 5 aliphatic rings. The number of nitrogens with zero attached hydrogens (tertiary/aromatic N) is 5. The molecule has 12 nitrogen and oxygen atoms in total. The fraction of sp³-hybridized carbons (Fsp3) is 0.549. The van der Waals surface area contributed by atoms with E-state index in [0.717, 1.165) is 100 Å². The SMILES string of the molecule is C=C1CC(CCC2CCC(=O)NC2=O)C(=O)c2cc(CCC3CC(N(CC)CC4CCN(c5cnc(C(=O)NCC6CCC(Oc7ccc(C#N)c(Cl)c7)CC6)cn5)CC4)C3)ccc21. The zero-order valence-electron chi connectivity index (χ0n) is 37.2. The van der Waals surface area contributed by atoms with Gasteiger partial charge in [-0.1, -0.05) is 37.2 Å². The van der Waals surface area contributed by atoms with Crippen LogP contribution >= 0.6 is 11.6 Å². The molecule has 2 saturated carbocycles. The summed E-state index contributed by atoms with van der Waals surface area (Å²) in [7, 11) is 0. The van der Waals surface area contributed by atoms with Crippen LogP contribution in [0, 0.1) is 40.9 Å². The maximum atomic E-state index is 13.7. The van der Waals surface area contributed by atoms with Crippen LogP contribution in [0.1, 0.15) is 134 Å². The van der Waals surface area contributed by atoms with Crippen LogP contribution in [0.25, 0.3) is 5.57 Å². The average molecular weight is 889 g/mol. The van der Waals surface area contributed by atoms with Crippen molar-refractivity contribution in [3.8, 4) is 11.8 Å². The van der Waals surface area contributed by atoms with Crippen LogP contribution in [-0.2, 0) is 16.0 Å². The Bertz CT molecular complexity index is 2240. The number of Topliss-reactive ketones (excluding diaryl/α,β-unsaturated/α-hetero) is 1. The first kappa shape index (κ1) is 45.4. The molecular weight excluding hydrogens is 826 g/mol. The second-order valence-electron chi connectivity index (χ2n) is 19.0. The maximum Gasteiger partial charge on any atom is 0.271 e. The summed E-state index contributed by atoms with van der Waals surface area (Å²) in [5.41, 5.74) is 4.73. The Morgan fingerprint density at radius 2 is 1.72 bits per heavy atom. The number of ether oxygens (including phenoxy) is 1. The molecule has 4 fully saturated rings. The first-order valence-corrected chi connectivity index (χ1v) is 24.1. The van der Waals surface area contributed by atoms with Gasteiger partial charge in [0.2, 0.25) is 11.8 Å². The van der Waals surface area contributed by atoms with E-state index in [1.54, 1.807) is 30.6 Å². The average Bonchev–Trinajstić information content (AvgIpc) is 3.29. The summed E-state index contributed by atoms with van der Waals surface area (Å²) in [6.07, 6.45) is 16.6. The molecule has 2 N–H and O–H groups in total. The number of ketones is 1. The van der Waals surface area contributed by atoms with Gasteiger partial charge in [-0.3, -0.25) is 24.5 Å². The van der Waals surface area contributed by atoms with E-state index in [1.165, 1.54) is 18.4 Å². The van der Waals surface area contributed by atoms with Crippen LogP contribution < -0.4 is 20.3 Å². The quantitative estimate of drug-likeness (QED) is 0.134. The van der Waals surface area contributed by atoms with Crippen molar-refractivity contribution in [1.29, 1.82) is 5.26 Å². The van der Waals surface area contributed by atoms with Crippen LogP contribution in [-0.4, -0.2) is 83.2 Å². The zero-order valence-corrected chi connectivity index (χ0v) is 37.9. The minimum absolute atomic E-state index is 0.0889. The van der Waals surface area contributed by atoms with Crippen molar-refractivity contribution >= 4 is 46.5 Å². The number of fused-ring (bicyclic) bond motifs is 1. The van der Waals surface area contributed by atoms with Gasteiger partial charge in [0, 0.05) is 62.1 Å².